The third-order valence-corrected chi connectivity index (χ3v) is 8.22. The van der Waals surface area contributed by atoms with Crippen molar-refractivity contribution in [2.45, 2.75) is 31.3 Å². The van der Waals surface area contributed by atoms with Gasteiger partial charge >= 0.3 is 6.18 Å². The van der Waals surface area contributed by atoms with E-state index in [-0.39, 0.29) is 31.6 Å². The monoisotopic (exact) mass is 649 g/mol. The average molecular weight is 650 g/mol. The molecule has 0 radical (unpaired) electrons. The molecule has 0 saturated carbocycles. The van der Waals surface area contributed by atoms with Crippen LogP contribution >= 0.6 is 0 Å². The number of aliphatic hydroxyl groups is 1. The number of rotatable bonds is 12. The van der Waals surface area contributed by atoms with Gasteiger partial charge < -0.3 is 15.7 Å². The van der Waals surface area contributed by atoms with Crippen molar-refractivity contribution in [2.75, 3.05) is 23.7 Å². The minimum Gasteiger partial charge on any atom is -0.390 e. The molecule has 4 aromatic carbocycles. The third-order valence-electron chi connectivity index (χ3n) is 7.08. The van der Waals surface area contributed by atoms with Crippen LogP contribution in [0.2, 0.25) is 0 Å². The number of nitrogens with one attached hydrogen (secondary N) is 2. The molecule has 0 heterocycles. The van der Waals surface area contributed by atoms with Crippen LogP contribution in [-0.4, -0.2) is 50.9 Å². The second kappa shape index (κ2) is 15.6. The standard InChI is InChI=1S/C35H34F3N3O4S/c1-46(44,45)41(30-18-6-3-7-19-30)21-11-16-28-15-8-9-20-31(28)34(43)40-32(23-26-12-4-2-5-13-26)33(42)25-39-24-27-14-10-17-29(22-27)35(36,37)38/h2-10,12-15,17-20,22,32-33,39,42H,21,23-25H2,1H3,(H,40,43)/t32-,33+/m0/s1. The Morgan fingerprint density at radius 3 is 2.20 bits per heavy atom. The van der Waals surface area contributed by atoms with Gasteiger partial charge in [-0.25, -0.2) is 8.42 Å². The number of carbonyl (C=O) groups is 1. The number of para-hydroxylation sites is 1. The van der Waals surface area contributed by atoms with Crippen LogP contribution < -0.4 is 14.9 Å². The Balaban J connectivity index is 1.49. The summed E-state index contributed by atoms with van der Waals surface area (Å²) in [6.07, 6.45) is -4.18. The van der Waals surface area contributed by atoms with Gasteiger partial charge in [0.05, 0.1) is 41.8 Å². The number of hydrogen-bond donors (Lipinski definition) is 3. The Kier molecular flexibility index (Phi) is 11.6. The van der Waals surface area contributed by atoms with Crippen LogP contribution in [0.1, 0.15) is 32.6 Å². The van der Waals surface area contributed by atoms with Crippen LogP contribution in [0.4, 0.5) is 18.9 Å². The molecule has 0 bridgehead atoms. The number of carbonyl (C=O) groups excluding carboxylic acids is 1. The van der Waals surface area contributed by atoms with Crippen LogP contribution in [0.15, 0.2) is 109 Å². The summed E-state index contributed by atoms with van der Waals surface area (Å²) in [5, 5.41) is 17.0. The summed E-state index contributed by atoms with van der Waals surface area (Å²) >= 11 is 0. The predicted octanol–water partition coefficient (Wildman–Crippen LogP) is 5.01. The lowest BCUT2D eigenvalue weighted by atomic mass is 9.99. The maximum atomic E-state index is 13.6. The second-order valence-corrected chi connectivity index (χ2v) is 12.5. The van der Waals surface area contributed by atoms with Crippen molar-refractivity contribution in [1.29, 1.82) is 0 Å². The van der Waals surface area contributed by atoms with E-state index in [1.165, 1.54) is 10.4 Å². The smallest absolute Gasteiger partial charge is 0.390 e. The van der Waals surface area contributed by atoms with E-state index in [0.717, 1.165) is 24.0 Å². The highest BCUT2D eigenvalue weighted by Crippen LogP contribution is 2.29. The molecule has 0 spiro atoms. The quantitative estimate of drug-likeness (QED) is 0.188. The SMILES string of the molecule is CS(=O)(=O)N(CC#Cc1ccccc1C(=O)N[C@@H](Cc1ccccc1)[C@H](O)CNCc1cccc(C(F)(F)F)c1)c1ccccc1. The van der Waals surface area contributed by atoms with Gasteiger partial charge in [-0.15, -0.1) is 0 Å². The predicted molar refractivity (Wildman–Crippen MR) is 173 cm³/mol. The lowest BCUT2D eigenvalue weighted by Gasteiger charge is -2.25. The molecule has 2 atom stereocenters. The summed E-state index contributed by atoms with van der Waals surface area (Å²) in [6.45, 7) is -0.0547. The van der Waals surface area contributed by atoms with Gasteiger partial charge in [-0.3, -0.25) is 9.10 Å². The molecule has 0 aromatic heterocycles. The number of halogens is 3. The summed E-state index contributed by atoms with van der Waals surface area (Å²) in [7, 11) is -3.62. The molecule has 7 nitrogen and oxygen atoms in total. The van der Waals surface area contributed by atoms with Crippen molar-refractivity contribution in [3.63, 3.8) is 0 Å². The maximum Gasteiger partial charge on any atom is 0.416 e. The number of sulfonamides is 1. The first kappa shape index (κ1) is 34.2. The van der Waals surface area contributed by atoms with Crippen molar-refractivity contribution in [2.24, 2.45) is 0 Å². The zero-order chi connectivity index (χ0) is 33.2. The van der Waals surface area contributed by atoms with Gasteiger partial charge in [0, 0.05) is 18.7 Å². The summed E-state index contributed by atoms with van der Waals surface area (Å²) in [5.41, 5.74) is 1.58. The number of hydrogen-bond acceptors (Lipinski definition) is 5. The van der Waals surface area contributed by atoms with E-state index in [1.54, 1.807) is 60.7 Å². The maximum absolute atomic E-state index is 13.6. The summed E-state index contributed by atoms with van der Waals surface area (Å²) in [5.74, 6) is 5.28. The highest BCUT2D eigenvalue weighted by Gasteiger charge is 2.30. The molecule has 4 aromatic rings. The van der Waals surface area contributed by atoms with Crippen molar-refractivity contribution >= 4 is 21.6 Å². The van der Waals surface area contributed by atoms with Gasteiger partial charge in [0.2, 0.25) is 10.0 Å². The van der Waals surface area contributed by atoms with Gasteiger partial charge in [-0.2, -0.15) is 13.2 Å². The average Bonchev–Trinajstić information content (AvgIpc) is 3.03. The van der Waals surface area contributed by atoms with Crippen molar-refractivity contribution in [1.82, 2.24) is 10.6 Å². The van der Waals surface area contributed by atoms with Crippen LogP contribution in [0.3, 0.4) is 0 Å². The summed E-state index contributed by atoms with van der Waals surface area (Å²) < 4.78 is 65.3. The number of benzene rings is 4. The Bertz CT molecular complexity index is 1770. The molecule has 4 rings (SSSR count). The molecule has 46 heavy (non-hydrogen) atoms. The van der Waals surface area contributed by atoms with E-state index in [9.17, 15) is 31.5 Å². The van der Waals surface area contributed by atoms with Crippen LogP contribution in [0, 0.1) is 11.8 Å². The van der Waals surface area contributed by atoms with E-state index in [4.69, 9.17) is 0 Å². The number of aliphatic hydroxyl groups excluding tert-OH is 1. The topological polar surface area (TPSA) is 98.7 Å². The summed E-state index contributed by atoms with van der Waals surface area (Å²) in [4.78, 5) is 13.6. The third kappa shape index (κ3) is 9.94. The molecule has 1 amide bonds. The lowest BCUT2D eigenvalue weighted by molar-refractivity contribution is -0.137. The lowest BCUT2D eigenvalue weighted by Crippen LogP contribution is -2.48. The van der Waals surface area contributed by atoms with E-state index >= 15 is 0 Å². The first-order valence-electron chi connectivity index (χ1n) is 14.4. The number of alkyl halides is 3. The largest absolute Gasteiger partial charge is 0.416 e. The molecule has 0 aliphatic heterocycles. The fourth-order valence-electron chi connectivity index (χ4n) is 4.75. The van der Waals surface area contributed by atoms with E-state index < -0.39 is 39.8 Å². The molecular weight excluding hydrogens is 615 g/mol. The van der Waals surface area contributed by atoms with Crippen molar-refractivity contribution in [3.05, 3.63) is 137 Å². The molecule has 3 N–H and O–H groups in total. The second-order valence-electron chi connectivity index (χ2n) is 10.6. The molecular formula is C35H34F3N3O4S. The van der Waals surface area contributed by atoms with Crippen LogP contribution in [0.5, 0.6) is 0 Å². The highest BCUT2D eigenvalue weighted by atomic mass is 32.2. The number of nitrogens with zero attached hydrogens (tertiary/aromatic N) is 1. The first-order valence-corrected chi connectivity index (χ1v) is 16.3. The van der Waals surface area contributed by atoms with Gasteiger partial charge in [0.25, 0.3) is 5.91 Å². The van der Waals surface area contributed by atoms with Gasteiger partial charge in [-0.1, -0.05) is 90.7 Å². The molecule has 0 saturated heterocycles. The molecule has 240 valence electrons. The zero-order valence-electron chi connectivity index (χ0n) is 25.0. The van der Waals surface area contributed by atoms with Crippen molar-refractivity contribution < 1.29 is 31.5 Å². The number of amides is 1. The summed E-state index contributed by atoms with van der Waals surface area (Å²) in [6, 6.07) is 28.6. The van der Waals surface area contributed by atoms with E-state index in [2.05, 4.69) is 22.5 Å². The number of anilines is 1. The Morgan fingerprint density at radius 1 is 0.891 bits per heavy atom. The Labute approximate surface area is 267 Å². The Hall–Kier alpha value is -4.63. The molecule has 0 fully saturated rings. The Morgan fingerprint density at radius 2 is 1.52 bits per heavy atom. The minimum absolute atomic E-state index is 0.00368. The zero-order valence-corrected chi connectivity index (χ0v) is 25.9. The first-order chi connectivity index (χ1) is 21.9. The molecule has 0 aliphatic carbocycles. The van der Waals surface area contributed by atoms with Gasteiger partial charge in [0.1, 0.15) is 0 Å². The van der Waals surface area contributed by atoms with Gasteiger partial charge in [-0.05, 0) is 47.9 Å². The highest BCUT2D eigenvalue weighted by molar-refractivity contribution is 7.92. The van der Waals surface area contributed by atoms with Gasteiger partial charge in [0.15, 0.2) is 0 Å². The van der Waals surface area contributed by atoms with E-state index in [1.807, 2.05) is 30.3 Å². The fourth-order valence-corrected chi connectivity index (χ4v) is 5.56. The molecule has 0 unspecified atom stereocenters. The minimum atomic E-state index is -4.46. The molecule has 11 heteroatoms. The van der Waals surface area contributed by atoms with Crippen LogP contribution in [-0.2, 0) is 29.2 Å². The van der Waals surface area contributed by atoms with E-state index in [0.29, 0.717) is 16.8 Å². The van der Waals surface area contributed by atoms with Crippen LogP contribution in [0.25, 0.3) is 0 Å². The normalized spacial score (nSPS) is 12.8. The fraction of sp³-hybridized carbons (Fsp3) is 0.229. The van der Waals surface area contributed by atoms with Crippen molar-refractivity contribution in [3.8, 4) is 11.8 Å². The molecule has 0 aliphatic rings.